The Morgan fingerprint density at radius 2 is 2.00 bits per heavy atom. The lowest BCUT2D eigenvalue weighted by Gasteiger charge is -2.18. The second-order valence-electron chi connectivity index (χ2n) is 4.66. The number of nitrogens with one attached hydrogen (secondary N) is 1. The van der Waals surface area contributed by atoms with Gasteiger partial charge in [0, 0.05) is 24.2 Å². The molecule has 0 bridgehead atoms. The second-order valence-corrected chi connectivity index (χ2v) is 4.66. The minimum absolute atomic E-state index is 0.164. The Labute approximate surface area is 79.4 Å². The normalized spacial score (nSPS) is 15.9. The van der Waals surface area contributed by atoms with Gasteiger partial charge in [0.25, 0.3) is 0 Å². The van der Waals surface area contributed by atoms with Crippen molar-refractivity contribution in [1.82, 2.24) is 10.3 Å². The molecule has 0 fully saturated rings. The van der Waals surface area contributed by atoms with E-state index in [9.17, 15) is 0 Å². The number of fused-ring (bicyclic) bond motifs is 1. The smallest absolute Gasteiger partial charge is 0.0590 e. The monoisotopic (exact) mass is 176 g/mol. The molecule has 0 atom stereocenters. The molecule has 0 amide bonds. The number of nitrogens with zero attached hydrogens (tertiary/aromatic N) is 1. The highest BCUT2D eigenvalue weighted by atomic mass is 14.9. The lowest BCUT2D eigenvalue weighted by Crippen LogP contribution is -2.14. The summed E-state index contributed by atoms with van der Waals surface area (Å²) >= 11 is 0. The van der Waals surface area contributed by atoms with E-state index in [2.05, 4.69) is 43.2 Å². The molecule has 2 nitrogen and oxygen atoms in total. The van der Waals surface area contributed by atoms with Crippen LogP contribution in [0.3, 0.4) is 0 Å². The van der Waals surface area contributed by atoms with Crippen LogP contribution in [0.15, 0.2) is 12.1 Å². The SMILES string of the molecule is CC(C)(C)c1ccc2c(n1)CNC2. The molecular formula is C11H16N2. The molecule has 1 aliphatic heterocycles. The van der Waals surface area contributed by atoms with Gasteiger partial charge >= 0.3 is 0 Å². The number of rotatable bonds is 0. The average molecular weight is 176 g/mol. The van der Waals surface area contributed by atoms with Crippen LogP contribution in [0.2, 0.25) is 0 Å². The Balaban J connectivity index is 2.42. The molecule has 0 aromatic carbocycles. The van der Waals surface area contributed by atoms with Gasteiger partial charge in [0.15, 0.2) is 0 Å². The van der Waals surface area contributed by atoms with E-state index >= 15 is 0 Å². The van der Waals surface area contributed by atoms with Gasteiger partial charge in [-0.05, 0) is 11.6 Å². The number of hydrogen-bond acceptors (Lipinski definition) is 2. The molecule has 1 N–H and O–H groups in total. The molecule has 2 heterocycles. The van der Waals surface area contributed by atoms with Gasteiger partial charge < -0.3 is 5.32 Å². The Morgan fingerprint density at radius 1 is 1.23 bits per heavy atom. The number of pyridine rings is 1. The van der Waals surface area contributed by atoms with Crippen molar-refractivity contribution in [3.05, 3.63) is 29.1 Å². The maximum absolute atomic E-state index is 4.66. The van der Waals surface area contributed by atoms with Gasteiger partial charge in [0.2, 0.25) is 0 Å². The molecule has 1 aromatic heterocycles. The van der Waals surface area contributed by atoms with Crippen molar-refractivity contribution in [2.75, 3.05) is 0 Å². The van der Waals surface area contributed by atoms with E-state index in [1.807, 2.05) is 0 Å². The molecule has 0 aliphatic carbocycles. The summed E-state index contributed by atoms with van der Waals surface area (Å²) in [6, 6.07) is 4.34. The Kier molecular flexibility index (Phi) is 1.88. The van der Waals surface area contributed by atoms with E-state index in [1.165, 1.54) is 17.0 Å². The summed E-state index contributed by atoms with van der Waals surface area (Å²) in [7, 11) is 0. The molecule has 0 saturated heterocycles. The largest absolute Gasteiger partial charge is 0.307 e. The third kappa shape index (κ3) is 1.59. The predicted octanol–water partition coefficient (Wildman–Crippen LogP) is 1.98. The van der Waals surface area contributed by atoms with Crippen molar-refractivity contribution in [3.63, 3.8) is 0 Å². The lowest BCUT2D eigenvalue weighted by molar-refractivity contribution is 0.565. The van der Waals surface area contributed by atoms with Crippen LogP contribution < -0.4 is 5.32 Å². The minimum Gasteiger partial charge on any atom is -0.307 e. The quantitative estimate of drug-likeness (QED) is 0.654. The Hall–Kier alpha value is -0.890. The first-order valence-corrected chi connectivity index (χ1v) is 4.77. The van der Waals surface area contributed by atoms with E-state index in [-0.39, 0.29) is 5.41 Å². The fourth-order valence-electron chi connectivity index (χ4n) is 1.58. The summed E-state index contributed by atoms with van der Waals surface area (Å²) in [4.78, 5) is 4.66. The van der Waals surface area contributed by atoms with Crippen molar-refractivity contribution in [1.29, 1.82) is 0 Å². The van der Waals surface area contributed by atoms with Crippen molar-refractivity contribution < 1.29 is 0 Å². The van der Waals surface area contributed by atoms with Crippen molar-refractivity contribution >= 4 is 0 Å². The maximum atomic E-state index is 4.66. The van der Waals surface area contributed by atoms with E-state index in [4.69, 9.17) is 0 Å². The minimum atomic E-state index is 0.164. The highest BCUT2D eigenvalue weighted by Gasteiger charge is 2.18. The van der Waals surface area contributed by atoms with E-state index in [1.54, 1.807) is 0 Å². The molecule has 0 radical (unpaired) electrons. The van der Waals surface area contributed by atoms with Crippen LogP contribution in [0.4, 0.5) is 0 Å². The average Bonchev–Trinajstić information content (AvgIpc) is 2.47. The van der Waals surface area contributed by atoms with Crippen LogP contribution in [0.1, 0.15) is 37.7 Å². The third-order valence-corrected chi connectivity index (χ3v) is 2.44. The summed E-state index contributed by atoms with van der Waals surface area (Å²) in [6.45, 7) is 8.50. The van der Waals surface area contributed by atoms with Gasteiger partial charge in [0.1, 0.15) is 0 Å². The summed E-state index contributed by atoms with van der Waals surface area (Å²) in [5, 5.41) is 3.30. The zero-order valence-electron chi connectivity index (χ0n) is 8.52. The Bertz CT molecular complexity index is 323. The molecule has 2 rings (SSSR count). The van der Waals surface area contributed by atoms with Crippen LogP contribution >= 0.6 is 0 Å². The standard InChI is InChI=1S/C11H16N2/c1-11(2,3)10-5-4-8-6-12-7-9(8)13-10/h4-5,12H,6-7H2,1-3H3. The van der Waals surface area contributed by atoms with Gasteiger partial charge in [-0.3, -0.25) is 4.98 Å². The maximum Gasteiger partial charge on any atom is 0.0590 e. The van der Waals surface area contributed by atoms with Crippen LogP contribution in [0.5, 0.6) is 0 Å². The molecule has 0 saturated carbocycles. The highest BCUT2D eigenvalue weighted by molar-refractivity contribution is 5.28. The zero-order valence-corrected chi connectivity index (χ0v) is 8.52. The first-order valence-electron chi connectivity index (χ1n) is 4.77. The fraction of sp³-hybridized carbons (Fsp3) is 0.545. The number of aromatic nitrogens is 1. The van der Waals surface area contributed by atoms with E-state index in [0.29, 0.717) is 0 Å². The fourth-order valence-corrected chi connectivity index (χ4v) is 1.58. The van der Waals surface area contributed by atoms with E-state index in [0.717, 1.165) is 13.1 Å². The third-order valence-electron chi connectivity index (χ3n) is 2.44. The van der Waals surface area contributed by atoms with Gasteiger partial charge in [-0.25, -0.2) is 0 Å². The molecule has 1 aromatic rings. The van der Waals surface area contributed by atoms with Crippen LogP contribution in [-0.4, -0.2) is 4.98 Å². The highest BCUT2D eigenvalue weighted by Crippen LogP contribution is 2.22. The molecule has 70 valence electrons. The topological polar surface area (TPSA) is 24.9 Å². The predicted molar refractivity (Wildman–Crippen MR) is 53.5 cm³/mol. The van der Waals surface area contributed by atoms with Gasteiger partial charge in [0.05, 0.1) is 5.69 Å². The summed E-state index contributed by atoms with van der Waals surface area (Å²) < 4.78 is 0. The van der Waals surface area contributed by atoms with Crippen molar-refractivity contribution in [3.8, 4) is 0 Å². The first-order chi connectivity index (χ1) is 6.07. The van der Waals surface area contributed by atoms with Crippen molar-refractivity contribution in [2.24, 2.45) is 0 Å². The van der Waals surface area contributed by atoms with Crippen molar-refractivity contribution in [2.45, 2.75) is 39.3 Å². The van der Waals surface area contributed by atoms with Crippen LogP contribution in [-0.2, 0) is 18.5 Å². The zero-order chi connectivity index (χ0) is 9.47. The molecule has 0 spiro atoms. The molecule has 13 heavy (non-hydrogen) atoms. The summed E-state index contributed by atoms with van der Waals surface area (Å²) in [5.41, 5.74) is 3.94. The van der Waals surface area contributed by atoms with Crippen LogP contribution in [0.25, 0.3) is 0 Å². The molecular weight excluding hydrogens is 160 g/mol. The number of hydrogen-bond donors (Lipinski definition) is 1. The Morgan fingerprint density at radius 3 is 2.69 bits per heavy atom. The van der Waals surface area contributed by atoms with Gasteiger partial charge in [-0.2, -0.15) is 0 Å². The first kappa shape index (κ1) is 8.70. The van der Waals surface area contributed by atoms with E-state index < -0.39 is 0 Å². The second kappa shape index (κ2) is 2.81. The summed E-state index contributed by atoms with van der Waals surface area (Å²) in [6.07, 6.45) is 0. The van der Waals surface area contributed by atoms with Crippen LogP contribution in [0, 0.1) is 0 Å². The molecule has 1 aliphatic rings. The van der Waals surface area contributed by atoms with Gasteiger partial charge in [-0.15, -0.1) is 0 Å². The lowest BCUT2D eigenvalue weighted by atomic mass is 9.91. The van der Waals surface area contributed by atoms with Gasteiger partial charge in [-0.1, -0.05) is 26.8 Å². The molecule has 0 unspecified atom stereocenters. The summed E-state index contributed by atoms with van der Waals surface area (Å²) in [5.74, 6) is 0. The molecule has 2 heteroatoms.